The van der Waals surface area contributed by atoms with Crippen molar-refractivity contribution in [1.82, 2.24) is 9.88 Å². The molecule has 1 aromatic heterocycles. The second kappa shape index (κ2) is 6.61. The average molecular weight is 357 g/mol. The van der Waals surface area contributed by atoms with Gasteiger partial charge in [-0.25, -0.2) is 4.98 Å². The van der Waals surface area contributed by atoms with E-state index in [9.17, 15) is 13.2 Å². The molecule has 0 amide bonds. The van der Waals surface area contributed by atoms with Gasteiger partial charge in [0.25, 0.3) is 0 Å². The molecule has 134 valence electrons. The van der Waals surface area contributed by atoms with E-state index in [1.54, 1.807) is 24.3 Å². The summed E-state index contributed by atoms with van der Waals surface area (Å²) >= 11 is 0. The van der Waals surface area contributed by atoms with Crippen molar-refractivity contribution in [3.05, 3.63) is 71.4 Å². The summed E-state index contributed by atoms with van der Waals surface area (Å²) in [4.78, 5) is 6.09. The van der Waals surface area contributed by atoms with E-state index in [2.05, 4.69) is 27.3 Å². The van der Waals surface area contributed by atoms with E-state index in [1.807, 2.05) is 12.1 Å². The van der Waals surface area contributed by atoms with Gasteiger partial charge in [-0.1, -0.05) is 48.5 Å². The standard InChI is InChI=1S/C20H18F3N3/c21-20(22,23)18-11-14-5-3-4-8-17(14)19(25-18)24-9-10-26-12-15-6-1-2-7-16(15)13-26/h1-8,11H,9-10,12-13H2,(H,24,25). The Morgan fingerprint density at radius 2 is 1.62 bits per heavy atom. The van der Waals surface area contributed by atoms with Crippen LogP contribution in [0.3, 0.4) is 0 Å². The van der Waals surface area contributed by atoms with Crippen molar-refractivity contribution in [2.24, 2.45) is 0 Å². The number of hydrogen-bond donors (Lipinski definition) is 1. The summed E-state index contributed by atoms with van der Waals surface area (Å²) in [7, 11) is 0. The molecule has 0 fully saturated rings. The summed E-state index contributed by atoms with van der Waals surface area (Å²) in [6.07, 6.45) is -4.46. The van der Waals surface area contributed by atoms with Crippen molar-refractivity contribution in [2.45, 2.75) is 19.3 Å². The lowest BCUT2D eigenvalue weighted by Crippen LogP contribution is -2.24. The van der Waals surface area contributed by atoms with Gasteiger partial charge >= 0.3 is 6.18 Å². The highest BCUT2D eigenvalue weighted by Gasteiger charge is 2.33. The van der Waals surface area contributed by atoms with Crippen molar-refractivity contribution in [3.8, 4) is 0 Å². The fourth-order valence-electron chi connectivity index (χ4n) is 3.37. The second-order valence-corrected chi connectivity index (χ2v) is 6.48. The number of fused-ring (bicyclic) bond motifs is 2. The van der Waals surface area contributed by atoms with Crippen LogP contribution >= 0.6 is 0 Å². The van der Waals surface area contributed by atoms with E-state index in [1.165, 1.54) is 11.1 Å². The molecule has 3 aromatic rings. The van der Waals surface area contributed by atoms with Crippen molar-refractivity contribution in [3.63, 3.8) is 0 Å². The second-order valence-electron chi connectivity index (χ2n) is 6.48. The van der Waals surface area contributed by atoms with Gasteiger partial charge in [-0.15, -0.1) is 0 Å². The molecule has 2 heterocycles. The van der Waals surface area contributed by atoms with Gasteiger partial charge in [0.2, 0.25) is 0 Å². The predicted octanol–water partition coefficient (Wildman–Crippen LogP) is 4.68. The fraction of sp³-hybridized carbons (Fsp3) is 0.250. The third-order valence-corrected chi connectivity index (χ3v) is 4.66. The normalized spacial score (nSPS) is 14.6. The smallest absolute Gasteiger partial charge is 0.368 e. The van der Waals surface area contributed by atoms with Gasteiger partial charge in [0.15, 0.2) is 0 Å². The van der Waals surface area contributed by atoms with Crippen LogP contribution in [0.15, 0.2) is 54.6 Å². The van der Waals surface area contributed by atoms with Crippen LogP contribution in [0.2, 0.25) is 0 Å². The molecular formula is C20H18F3N3. The minimum absolute atomic E-state index is 0.284. The van der Waals surface area contributed by atoms with Gasteiger partial charge in [-0.2, -0.15) is 13.2 Å². The Hall–Kier alpha value is -2.60. The summed E-state index contributed by atoms with van der Waals surface area (Å²) in [5, 5.41) is 4.33. The molecule has 2 aromatic carbocycles. The summed E-state index contributed by atoms with van der Waals surface area (Å²) in [6.45, 7) is 3.01. The van der Waals surface area contributed by atoms with E-state index in [-0.39, 0.29) is 5.82 Å². The van der Waals surface area contributed by atoms with Gasteiger partial charge in [-0.3, -0.25) is 4.90 Å². The maximum Gasteiger partial charge on any atom is 0.433 e. The average Bonchev–Trinajstić information content (AvgIpc) is 3.03. The third-order valence-electron chi connectivity index (χ3n) is 4.66. The molecule has 0 saturated carbocycles. The number of hydrogen-bond acceptors (Lipinski definition) is 3. The summed E-state index contributed by atoms with van der Waals surface area (Å²) in [5.74, 6) is 0.284. The van der Waals surface area contributed by atoms with Gasteiger partial charge in [-0.05, 0) is 22.6 Å². The van der Waals surface area contributed by atoms with Crippen molar-refractivity contribution in [2.75, 3.05) is 18.4 Å². The van der Waals surface area contributed by atoms with Crippen LogP contribution < -0.4 is 5.32 Å². The first-order valence-corrected chi connectivity index (χ1v) is 8.51. The molecule has 3 nitrogen and oxygen atoms in total. The largest absolute Gasteiger partial charge is 0.433 e. The Morgan fingerprint density at radius 3 is 2.31 bits per heavy atom. The molecule has 0 aliphatic carbocycles. The third kappa shape index (κ3) is 3.37. The van der Waals surface area contributed by atoms with Gasteiger partial charge < -0.3 is 5.32 Å². The Labute approximate surface area is 149 Å². The van der Waals surface area contributed by atoms with Crippen molar-refractivity contribution < 1.29 is 13.2 Å². The number of nitrogens with one attached hydrogen (secondary N) is 1. The van der Waals surface area contributed by atoms with E-state index >= 15 is 0 Å². The molecule has 0 spiro atoms. The number of nitrogens with zero attached hydrogens (tertiary/aromatic N) is 2. The highest BCUT2D eigenvalue weighted by atomic mass is 19.4. The van der Waals surface area contributed by atoms with E-state index < -0.39 is 11.9 Å². The zero-order chi connectivity index (χ0) is 18.1. The van der Waals surface area contributed by atoms with Gasteiger partial charge in [0.05, 0.1) is 0 Å². The zero-order valence-corrected chi connectivity index (χ0v) is 14.1. The molecular weight excluding hydrogens is 339 g/mol. The monoisotopic (exact) mass is 357 g/mol. The van der Waals surface area contributed by atoms with Crippen LogP contribution in [0.1, 0.15) is 16.8 Å². The Kier molecular flexibility index (Phi) is 4.28. The van der Waals surface area contributed by atoms with Crippen LogP contribution in [0.25, 0.3) is 10.8 Å². The molecule has 1 aliphatic heterocycles. The zero-order valence-electron chi connectivity index (χ0n) is 14.1. The number of halogens is 3. The molecule has 26 heavy (non-hydrogen) atoms. The van der Waals surface area contributed by atoms with E-state index in [0.29, 0.717) is 17.3 Å². The van der Waals surface area contributed by atoms with Crippen molar-refractivity contribution in [1.29, 1.82) is 0 Å². The fourth-order valence-corrected chi connectivity index (χ4v) is 3.37. The molecule has 1 aliphatic rings. The van der Waals surface area contributed by atoms with Crippen LogP contribution in [0.5, 0.6) is 0 Å². The SMILES string of the molecule is FC(F)(F)c1cc2ccccc2c(NCCN2Cc3ccccc3C2)n1. The quantitative estimate of drug-likeness (QED) is 0.735. The topological polar surface area (TPSA) is 28.2 Å². The number of alkyl halides is 3. The summed E-state index contributed by atoms with van der Waals surface area (Å²) < 4.78 is 39.4. The van der Waals surface area contributed by atoms with Crippen LogP contribution in [0.4, 0.5) is 19.0 Å². The maximum absolute atomic E-state index is 13.1. The first kappa shape index (κ1) is 16.8. The number of benzene rings is 2. The Bertz CT molecular complexity index is 912. The van der Waals surface area contributed by atoms with Gasteiger partial charge in [0.1, 0.15) is 11.5 Å². The van der Waals surface area contributed by atoms with Gasteiger partial charge in [0, 0.05) is 31.6 Å². The number of pyridine rings is 1. The molecule has 0 radical (unpaired) electrons. The molecule has 0 unspecified atom stereocenters. The van der Waals surface area contributed by atoms with Crippen LogP contribution in [0, 0.1) is 0 Å². The lowest BCUT2D eigenvalue weighted by molar-refractivity contribution is -0.140. The van der Waals surface area contributed by atoms with Crippen LogP contribution in [-0.2, 0) is 19.3 Å². The van der Waals surface area contributed by atoms with E-state index in [4.69, 9.17) is 0 Å². The maximum atomic E-state index is 13.1. The summed E-state index contributed by atoms with van der Waals surface area (Å²) in [6, 6.07) is 16.4. The minimum Gasteiger partial charge on any atom is -0.368 e. The highest BCUT2D eigenvalue weighted by Crippen LogP contribution is 2.32. The number of anilines is 1. The first-order valence-electron chi connectivity index (χ1n) is 8.51. The number of aromatic nitrogens is 1. The van der Waals surface area contributed by atoms with Crippen molar-refractivity contribution >= 4 is 16.6 Å². The molecule has 0 atom stereocenters. The van der Waals surface area contributed by atoms with E-state index in [0.717, 1.165) is 25.7 Å². The Balaban J connectivity index is 1.49. The molecule has 0 bridgehead atoms. The lowest BCUT2D eigenvalue weighted by atomic mass is 10.1. The molecule has 4 rings (SSSR count). The van der Waals surface area contributed by atoms with Crippen LogP contribution in [-0.4, -0.2) is 23.0 Å². The molecule has 6 heteroatoms. The lowest BCUT2D eigenvalue weighted by Gasteiger charge is -2.17. The summed E-state index contributed by atoms with van der Waals surface area (Å²) in [5.41, 5.74) is 1.76. The minimum atomic E-state index is -4.46. The first-order chi connectivity index (χ1) is 12.5. The Morgan fingerprint density at radius 1 is 0.962 bits per heavy atom. The number of rotatable bonds is 4. The predicted molar refractivity (Wildman–Crippen MR) is 95.8 cm³/mol. The molecule has 0 saturated heterocycles. The highest BCUT2D eigenvalue weighted by molar-refractivity contribution is 5.92. The molecule has 1 N–H and O–H groups in total.